The van der Waals surface area contributed by atoms with Gasteiger partial charge in [0.05, 0.1) is 29.2 Å². The van der Waals surface area contributed by atoms with Crippen molar-refractivity contribution < 1.29 is 18.7 Å². The van der Waals surface area contributed by atoms with Crippen LogP contribution in [0.5, 0.6) is 0 Å². The number of aromatic nitrogens is 1. The lowest BCUT2D eigenvalue weighted by atomic mass is 10.1. The van der Waals surface area contributed by atoms with Crippen LogP contribution >= 0.6 is 11.3 Å². The number of benzene rings is 1. The molecule has 120 valence electrons. The monoisotopic (exact) mass is 335 g/mol. The Morgan fingerprint density at radius 1 is 1.57 bits per heavy atom. The maximum atomic E-state index is 14.3. The lowest BCUT2D eigenvalue weighted by Gasteiger charge is -2.14. The van der Waals surface area contributed by atoms with Gasteiger partial charge in [-0.15, -0.1) is 11.3 Å². The van der Waals surface area contributed by atoms with E-state index in [0.29, 0.717) is 11.3 Å². The van der Waals surface area contributed by atoms with Gasteiger partial charge in [-0.05, 0) is 18.2 Å². The lowest BCUT2D eigenvalue weighted by molar-refractivity contribution is -0.119. The molecule has 1 unspecified atom stereocenters. The third kappa shape index (κ3) is 3.31. The topological polar surface area (TPSA) is 71.5 Å². The lowest BCUT2D eigenvalue weighted by Crippen LogP contribution is -2.33. The second-order valence-corrected chi connectivity index (χ2v) is 5.97. The van der Waals surface area contributed by atoms with Gasteiger partial charge in [0.25, 0.3) is 0 Å². The summed E-state index contributed by atoms with van der Waals surface area (Å²) in [6, 6.07) is 4.59. The van der Waals surface area contributed by atoms with Gasteiger partial charge in [-0.1, -0.05) is 0 Å². The second kappa shape index (κ2) is 6.33. The molecule has 2 amide bonds. The molecule has 0 saturated carbocycles. The normalized spacial score (nSPS) is 17.2. The molecular weight excluding hydrogens is 321 g/mol. The molecule has 2 aromatic rings. The van der Waals surface area contributed by atoms with Gasteiger partial charge in [0.15, 0.2) is 0 Å². The van der Waals surface area contributed by atoms with Crippen molar-refractivity contribution in [3.05, 3.63) is 35.7 Å². The molecule has 0 bridgehead atoms. The highest BCUT2D eigenvalue weighted by Crippen LogP contribution is 2.30. The van der Waals surface area contributed by atoms with E-state index in [1.807, 2.05) is 0 Å². The van der Waals surface area contributed by atoms with E-state index in [0.717, 1.165) is 4.88 Å². The fourth-order valence-corrected chi connectivity index (χ4v) is 2.97. The van der Waals surface area contributed by atoms with Gasteiger partial charge in [0.1, 0.15) is 11.9 Å². The third-order valence-electron chi connectivity index (χ3n) is 3.41. The minimum Gasteiger partial charge on any atom is -0.442 e. The van der Waals surface area contributed by atoms with Crippen LogP contribution in [0.2, 0.25) is 0 Å². The molecule has 0 radical (unpaired) electrons. The first kappa shape index (κ1) is 15.4. The van der Waals surface area contributed by atoms with Crippen LogP contribution in [0, 0.1) is 5.82 Å². The van der Waals surface area contributed by atoms with E-state index in [9.17, 15) is 14.0 Å². The molecule has 1 N–H and O–H groups in total. The van der Waals surface area contributed by atoms with E-state index >= 15 is 0 Å². The maximum absolute atomic E-state index is 14.3. The van der Waals surface area contributed by atoms with Crippen LogP contribution in [0.15, 0.2) is 29.9 Å². The molecule has 1 aliphatic rings. The molecule has 0 aliphatic carbocycles. The van der Waals surface area contributed by atoms with Crippen LogP contribution in [0.4, 0.5) is 14.9 Å². The summed E-state index contributed by atoms with van der Waals surface area (Å²) in [5, 5.41) is 2.60. The van der Waals surface area contributed by atoms with Crippen LogP contribution in [0.25, 0.3) is 10.4 Å². The van der Waals surface area contributed by atoms with Crippen molar-refractivity contribution >= 4 is 29.0 Å². The Labute approximate surface area is 135 Å². The number of thiazole rings is 1. The number of amides is 2. The van der Waals surface area contributed by atoms with Gasteiger partial charge in [0.2, 0.25) is 5.91 Å². The van der Waals surface area contributed by atoms with Gasteiger partial charge in [-0.25, -0.2) is 9.18 Å². The van der Waals surface area contributed by atoms with Crippen molar-refractivity contribution in [3.8, 4) is 10.4 Å². The zero-order chi connectivity index (χ0) is 16.4. The average Bonchev–Trinajstić information content (AvgIpc) is 3.14. The Bertz CT molecular complexity index is 736. The van der Waals surface area contributed by atoms with Crippen molar-refractivity contribution in [2.75, 3.05) is 18.0 Å². The van der Waals surface area contributed by atoms with E-state index in [1.54, 1.807) is 23.8 Å². The summed E-state index contributed by atoms with van der Waals surface area (Å²) >= 11 is 1.34. The van der Waals surface area contributed by atoms with Gasteiger partial charge in [-0.3, -0.25) is 14.7 Å². The fourth-order valence-electron chi connectivity index (χ4n) is 2.32. The van der Waals surface area contributed by atoms with Gasteiger partial charge >= 0.3 is 6.09 Å². The molecule has 1 aromatic carbocycles. The van der Waals surface area contributed by atoms with Crippen LogP contribution in [0.1, 0.15) is 6.92 Å². The number of cyclic esters (lactones) is 1. The molecule has 1 aromatic heterocycles. The molecule has 1 saturated heterocycles. The number of carbonyl (C=O) groups is 2. The van der Waals surface area contributed by atoms with Crippen molar-refractivity contribution in [2.24, 2.45) is 0 Å². The largest absolute Gasteiger partial charge is 0.442 e. The summed E-state index contributed by atoms with van der Waals surface area (Å²) in [5.41, 5.74) is 2.50. The smallest absolute Gasteiger partial charge is 0.414 e. The number of carbonyl (C=O) groups excluding carboxylic acids is 2. The summed E-state index contributed by atoms with van der Waals surface area (Å²) in [6.07, 6.45) is 0.594. The molecule has 1 fully saturated rings. The number of nitrogens with one attached hydrogen (secondary N) is 1. The van der Waals surface area contributed by atoms with Crippen LogP contribution in [-0.4, -0.2) is 36.2 Å². The SMILES string of the molecule is CC(=O)NCC1CN(c2ccc(-c3cncs3)c(F)c2)C(=O)O1. The number of rotatable bonds is 4. The number of ether oxygens (including phenoxy) is 1. The molecule has 1 atom stereocenters. The van der Waals surface area contributed by atoms with Gasteiger partial charge < -0.3 is 10.1 Å². The minimum absolute atomic E-state index is 0.195. The van der Waals surface area contributed by atoms with Gasteiger partial charge in [-0.2, -0.15) is 0 Å². The van der Waals surface area contributed by atoms with E-state index in [1.165, 1.54) is 29.2 Å². The number of halogens is 1. The first-order valence-corrected chi connectivity index (χ1v) is 7.83. The predicted octanol–water partition coefficient (Wildman–Crippen LogP) is 2.41. The highest BCUT2D eigenvalue weighted by Gasteiger charge is 2.32. The Morgan fingerprint density at radius 2 is 2.39 bits per heavy atom. The van der Waals surface area contributed by atoms with Crippen LogP contribution < -0.4 is 10.2 Å². The average molecular weight is 335 g/mol. The summed E-state index contributed by atoms with van der Waals surface area (Å²) in [5.74, 6) is -0.621. The molecule has 6 nitrogen and oxygen atoms in total. The summed E-state index contributed by atoms with van der Waals surface area (Å²) < 4.78 is 19.5. The van der Waals surface area contributed by atoms with Gasteiger partial charge in [0, 0.05) is 18.7 Å². The van der Waals surface area contributed by atoms with Crippen molar-refractivity contribution in [1.29, 1.82) is 0 Å². The maximum Gasteiger partial charge on any atom is 0.414 e. The third-order valence-corrected chi connectivity index (χ3v) is 4.22. The molecule has 3 rings (SSSR count). The second-order valence-electron chi connectivity index (χ2n) is 5.08. The fraction of sp³-hybridized carbons (Fsp3) is 0.267. The molecule has 2 heterocycles. The number of hydrogen-bond donors (Lipinski definition) is 1. The number of anilines is 1. The van der Waals surface area contributed by atoms with Crippen molar-refractivity contribution in [2.45, 2.75) is 13.0 Å². The van der Waals surface area contributed by atoms with Crippen molar-refractivity contribution in [3.63, 3.8) is 0 Å². The Balaban J connectivity index is 1.76. The molecule has 23 heavy (non-hydrogen) atoms. The molecule has 8 heteroatoms. The first-order chi connectivity index (χ1) is 11.0. The molecule has 1 aliphatic heterocycles. The summed E-state index contributed by atoms with van der Waals surface area (Å²) in [6.45, 7) is 1.89. The van der Waals surface area contributed by atoms with Crippen molar-refractivity contribution in [1.82, 2.24) is 10.3 Å². The van der Waals surface area contributed by atoms with E-state index < -0.39 is 18.0 Å². The number of hydrogen-bond acceptors (Lipinski definition) is 5. The highest BCUT2D eigenvalue weighted by atomic mass is 32.1. The quantitative estimate of drug-likeness (QED) is 0.931. The first-order valence-electron chi connectivity index (χ1n) is 6.95. The summed E-state index contributed by atoms with van der Waals surface area (Å²) in [7, 11) is 0. The predicted molar refractivity (Wildman–Crippen MR) is 83.8 cm³/mol. The van der Waals surface area contributed by atoms with E-state index in [2.05, 4.69) is 10.3 Å². The number of nitrogens with zero attached hydrogens (tertiary/aromatic N) is 2. The molecular formula is C15H14FN3O3S. The highest BCUT2D eigenvalue weighted by molar-refractivity contribution is 7.13. The zero-order valence-electron chi connectivity index (χ0n) is 12.3. The van der Waals surface area contributed by atoms with E-state index in [4.69, 9.17) is 4.74 Å². The minimum atomic E-state index is -0.551. The van der Waals surface area contributed by atoms with E-state index in [-0.39, 0.29) is 19.0 Å². The zero-order valence-corrected chi connectivity index (χ0v) is 13.1. The Kier molecular flexibility index (Phi) is 4.24. The van der Waals surface area contributed by atoms with Crippen LogP contribution in [-0.2, 0) is 9.53 Å². The standard InChI is InChI=1S/C15H14FN3O3S/c1-9(20)18-5-11-7-19(15(21)22-11)10-2-3-12(13(16)4-10)14-6-17-8-23-14/h2-4,6,8,11H,5,7H2,1H3,(H,18,20). The Hall–Kier alpha value is -2.48. The summed E-state index contributed by atoms with van der Waals surface area (Å²) in [4.78, 5) is 28.8. The molecule has 0 spiro atoms. The Morgan fingerprint density at radius 3 is 3.04 bits per heavy atom. The van der Waals surface area contributed by atoms with Crippen LogP contribution in [0.3, 0.4) is 0 Å².